The van der Waals surface area contributed by atoms with Crippen molar-refractivity contribution >= 4 is 5.91 Å². The van der Waals surface area contributed by atoms with E-state index in [0.717, 1.165) is 25.9 Å². The van der Waals surface area contributed by atoms with E-state index in [9.17, 15) is 4.79 Å². The van der Waals surface area contributed by atoms with Gasteiger partial charge in [-0.3, -0.25) is 9.69 Å². The van der Waals surface area contributed by atoms with Gasteiger partial charge >= 0.3 is 0 Å². The molecule has 2 aliphatic rings. The third-order valence-electron chi connectivity index (χ3n) is 5.13. The second kappa shape index (κ2) is 5.20. The smallest absolute Gasteiger partial charge is 0.232 e. The molecule has 0 aromatic carbocycles. The monoisotopic (exact) mass is 252 g/mol. The van der Waals surface area contributed by atoms with E-state index in [4.69, 9.17) is 0 Å². The zero-order valence-electron chi connectivity index (χ0n) is 12.4. The van der Waals surface area contributed by atoms with Gasteiger partial charge in [-0.2, -0.15) is 0 Å². The molecule has 3 nitrogen and oxygen atoms in total. The van der Waals surface area contributed by atoms with E-state index in [0.29, 0.717) is 18.0 Å². The summed E-state index contributed by atoms with van der Waals surface area (Å²) in [5.41, 5.74) is -0.0227. The topological polar surface area (TPSA) is 23.6 Å². The summed E-state index contributed by atoms with van der Waals surface area (Å²) < 4.78 is 0. The van der Waals surface area contributed by atoms with Crippen LogP contribution in [0.2, 0.25) is 0 Å². The maximum atomic E-state index is 12.5. The molecule has 1 spiro atoms. The Kier molecular flexibility index (Phi) is 4.00. The van der Waals surface area contributed by atoms with Crippen molar-refractivity contribution in [3.63, 3.8) is 0 Å². The molecule has 0 N–H and O–H groups in total. The highest BCUT2D eigenvalue weighted by Crippen LogP contribution is 2.42. The van der Waals surface area contributed by atoms with Gasteiger partial charge in [-0.25, -0.2) is 0 Å². The number of β-lactam (4-membered cyclic amide) rings is 1. The molecule has 2 heterocycles. The number of amides is 1. The van der Waals surface area contributed by atoms with Gasteiger partial charge in [-0.05, 0) is 46.1 Å². The standard InChI is InChI=1S/C15H28N2O/c1-5-12(3)16-9-7-8-15(10-16)11-17(14(15)18)13(4)6-2/h12-13H,5-11H2,1-4H3/t12-,13-,15+/m0/s1. The van der Waals surface area contributed by atoms with Gasteiger partial charge < -0.3 is 4.90 Å². The Morgan fingerprint density at radius 3 is 2.39 bits per heavy atom. The van der Waals surface area contributed by atoms with Gasteiger partial charge in [-0.15, -0.1) is 0 Å². The fourth-order valence-corrected chi connectivity index (χ4v) is 3.36. The molecule has 0 aliphatic carbocycles. The van der Waals surface area contributed by atoms with E-state index in [1.165, 1.54) is 19.4 Å². The predicted molar refractivity (Wildman–Crippen MR) is 74.5 cm³/mol. The largest absolute Gasteiger partial charge is 0.338 e. The van der Waals surface area contributed by atoms with Crippen molar-refractivity contribution in [2.45, 2.75) is 65.5 Å². The molecule has 0 unspecified atom stereocenters. The van der Waals surface area contributed by atoms with Crippen molar-refractivity contribution in [1.82, 2.24) is 9.80 Å². The number of piperidine rings is 1. The van der Waals surface area contributed by atoms with Crippen LogP contribution in [0.1, 0.15) is 53.4 Å². The summed E-state index contributed by atoms with van der Waals surface area (Å²) in [4.78, 5) is 17.1. The summed E-state index contributed by atoms with van der Waals surface area (Å²) in [5.74, 6) is 0.421. The van der Waals surface area contributed by atoms with Gasteiger partial charge in [0.2, 0.25) is 5.91 Å². The van der Waals surface area contributed by atoms with Gasteiger partial charge in [0.25, 0.3) is 0 Å². The Bertz CT molecular complexity index is 318. The summed E-state index contributed by atoms with van der Waals surface area (Å²) in [7, 11) is 0. The molecule has 0 aromatic heterocycles. The normalized spacial score (nSPS) is 32.4. The van der Waals surface area contributed by atoms with E-state index < -0.39 is 0 Å². The number of carbonyl (C=O) groups is 1. The molecule has 2 aliphatic heterocycles. The first kappa shape index (κ1) is 13.9. The number of hydrogen-bond acceptors (Lipinski definition) is 2. The Balaban J connectivity index is 2.00. The van der Waals surface area contributed by atoms with Crippen molar-refractivity contribution in [1.29, 1.82) is 0 Å². The lowest BCUT2D eigenvalue weighted by Crippen LogP contribution is -2.69. The summed E-state index contributed by atoms with van der Waals surface area (Å²) in [6.07, 6.45) is 4.53. The second-order valence-electron chi connectivity index (χ2n) is 6.30. The number of likely N-dealkylation sites (tertiary alicyclic amines) is 2. The third kappa shape index (κ3) is 2.18. The van der Waals surface area contributed by atoms with Crippen LogP contribution >= 0.6 is 0 Å². The van der Waals surface area contributed by atoms with Crippen LogP contribution < -0.4 is 0 Å². The average Bonchev–Trinajstić information content (AvgIpc) is 2.43. The fourth-order valence-electron chi connectivity index (χ4n) is 3.36. The Morgan fingerprint density at radius 2 is 1.83 bits per heavy atom. The fraction of sp³-hybridized carbons (Fsp3) is 0.933. The van der Waals surface area contributed by atoms with Gasteiger partial charge in [-0.1, -0.05) is 13.8 Å². The minimum absolute atomic E-state index is 0.0227. The van der Waals surface area contributed by atoms with Crippen LogP contribution in [0.5, 0.6) is 0 Å². The number of carbonyl (C=O) groups excluding carboxylic acids is 1. The van der Waals surface area contributed by atoms with Gasteiger partial charge in [0.15, 0.2) is 0 Å². The van der Waals surface area contributed by atoms with Crippen molar-refractivity contribution in [3.8, 4) is 0 Å². The van der Waals surface area contributed by atoms with Crippen LogP contribution in [0.3, 0.4) is 0 Å². The Morgan fingerprint density at radius 1 is 1.17 bits per heavy atom. The third-order valence-corrected chi connectivity index (χ3v) is 5.13. The molecule has 2 saturated heterocycles. The van der Waals surface area contributed by atoms with E-state index in [1.54, 1.807) is 0 Å². The molecule has 0 saturated carbocycles. The van der Waals surface area contributed by atoms with E-state index in [-0.39, 0.29) is 5.41 Å². The van der Waals surface area contributed by atoms with E-state index in [1.807, 2.05) is 0 Å². The molecule has 0 radical (unpaired) electrons. The van der Waals surface area contributed by atoms with Crippen LogP contribution in [0.4, 0.5) is 0 Å². The SMILES string of the molecule is CC[C@H](C)N1CCC[C@@]2(C1)CN([C@@H](C)CC)C2=O. The van der Waals surface area contributed by atoms with Crippen LogP contribution in [-0.4, -0.2) is 47.4 Å². The lowest BCUT2D eigenvalue weighted by Gasteiger charge is -2.56. The van der Waals surface area contributed by atoms with Gasteiger partial charge in [0.1, 0.15) is 0 Å². The van der Waals surface area contributed by atoms with Crippen molar-refractivity contribution in [3.05, 3.63) is 0 Å². The molecule has 1 amide bonds. The molecule has 3 heteroatoms. The maximum Gasteiger partial charge on any atom is 0.232 e. The molecule has 3 atom stereocenters. The quantitative estimate of drug-likeness (QED) is 0.718. The molecule has 2 rings (SSSR count). The Labute approximate surface area is 112 Å². The molecule has 104 valence electrons. The van der Waals surface area contributed by atoms with E-state index >= 15 is 0 Å². The van der Waals surface area contributed by atoms with E-state index in [2.05, 4.69) is 37.5 Å². The van der Waals surface area contributed by atoms with Crippen LogP contribution in [0.25, 0.3) is 0 Å². The van der Waals surface area contributed by atoms with Crippen LogP contribution in [0, 0.1) is 5.41 Å². The number of rotatable bonds is 4. The minimum atomic E-state index is -0.0227. The first-order chi connectivity index (χ1) is 8.54. The first-order valence-electron chi connectivity index (χ1n) is 7.59. The second-order valence-corrected chi connectivity index (χ2v) is 6.30. The lowest BCUT2D eigenvalue weighted by atomic mass is 9.71. The lowest BCUT2D eigenvalue weighted by molar-refractivity contribution is -0.171. The predicted octanol–water partition coefficient (Wildman–Crippen LogP) is 2.51. The summed E-state index contributed by atoms with van der Waals surface area (Å²) in [5, 5.41) is 0. The van der Waals surface area contributed by atoms with Crippen molar-refractivity contribution in [2.75, 3.05) is 19.6 Å². The summed E-state index contributed by atoms with van der Waals surface area (Å²) in [6, 6.07) is 1.04. The molecule has 2 fully saturated rings. The molecular formula is C15H28N2O. The summed E-state index contributed by atoms with van der Waals surface area (Å²) in [6.45, 7) is 12.0. The maximum absolute atomic E-state index is 12.5. The zero-order valence-corrected chi connectivity index (χ0v) is 12.4. The average molecular weight is 252 g/mol. The number of hydrogen-bond donors (Lipinski definition) is 0. The molecule has 0 aromatic rings. The molecular weight excluding hydrogens is 224 g/mol. The van der Waals surface area contributed by atoms with Crippen molar-refractivity contribution in [2.24, 2.45) is 5.41 Å². The highest BCUT2D eigenvalue weighted by molar-refractivity contribution is 5.89. The highest BCUT2D eigenvalue weighted by atomic mass is 16.2. The number of nitrogens with zero attached hydrogens (tertiary/aromatic N) is 2. The highest BCUT2D eigenvalue weighted by Gasteiger charge is 2.54. The summed E-state index contributed by atoms with van der Waals surface area (Å²) >= 11 is 0. The zero-order chi connectivity index (χ0) is 13.3. The van der Waals surface area contributed by atoms with Gasteiger partial charge in [0, 0.05) is 25.2 Å². The van der Waals surface area contributed by atoms with Gasteiger partial charge in [0.05, 0.1) is 5.41 Å². The Hall–Kier alpha value is -0.570. The van der Waals surface area contributed by atoms with Crippen LogP contribution in [0.15, 0.2) is 0 Å². The molecule has 18 heavy (non-hydrogen) atoms. The minimum Gasteiger partial charge on any atom is -0.338 e. The molecule has 0 bridgehead atoms. The van der Waals surface area contributed by atoms with Crippen LogP contribution in [-0.2, 0) is 4.79 Å². The first-order valence-corrected chi connectivity index (χ1v) is 7.59. The van der Waals surface area contributed by atoms with Crippen molar-refractivity contribution < 1.29 is 4.79 Å².